The number of halogens is 1. The first-order valence-corrected chi connectivity index (χ1v) is 8.43. The van der Waals surface area contributed by atoms with Gasteiger partial charge in [-0.1, -0.05) is 12.1 Å². The number of methoxy groups -OCH3 is 1. The van der Waals surface area contributed by atoms with Crippen LogP contribution in [0.1, 0.15) is 18.5 Å². The number of hydrogen-bond donors (Lipinski definition) is 1. The Bertz CT molecular complexity index is 821. The molecule has 26 heavy (non-hydrogen) atoms. The van der Waals surface area contributed by atoms with Crippen LogP contribution in [-0.2, 0) is 14.3 Å². The first-order chi connectivity index (χ1) is 12.5. The summed E-state index contributed by atoms with van der Waals surface area (Å²) in [5.74, 6) is -0.677. The van der Waals surface area contributed by atoms with Crippen LogP contribution in [0.5, 0.6) is 0 Å². The summed E-state index contributed by atoms with van der Waals surface area (Å²) in [6.45, 7) is 2.47. The molecule has 1 aliphatic heterocycles. The van der Waals surface area contributed by atoms with Crippen LogP contribution in [-0.4, -0.2) is 52.8 Å². The summed E-state index contributed by atoms with van der Waals surface area (Å²) in [5, 5.41) is 7.02. The normalized spacial score (nSPS) is 17.3. The number of aryl methyl sites for hydroxylation is 1. The summed E-state index contributed by atoms with van der Waals surface area (Å²) < 4.78 is 20.2. The molecule has 1 atom stereocenters. The lowest BCUT2D eigenvalue weighted by atomic mass is 10.2. The highest BCUT2D eigenvalue weighted by Gasteiger charge is 2.32. The minimum atomic E-state index is -0.434. The van der Waals surface area contributed by atoms with Gasteiger partial charge >= 0.3 is 5.97 Å². The largest absolute Gasteiger partial charge is 0.468 e. The highest BCUT2D eigenvalue weighted by Crippen LogP contribution is 2.21. The predicted octanol–water partition coefficient (Wildman–Crippen LogP) is 1.90. The molecule has 0 saturated carbocycles. The van der Waals surface area contributed by atoms with E-state index in [-0.39, 0.29) is 24.1 Å². The van der Waals surface area contributed by atoms with Gasteiger partial charge in [0.1, 0.15) is 23.4 Å². The Kier molecular flexibility index (Phi) is 5.32. The maximum atomic E-state index is 14.1. The van der Waals surface area contributed by atoms with Crippen molar-refractivity contribution in [1.82, 2.24) is 14.7 Å². The first kappa shape index (κ1) is 18.1. The van der Waals surface area contributed by atoms with Gasteiger partial charge in [-0.3, -0.25) is 14.5 Å². The van der Waals surface area contributed by atoms with Gasteiger partial charge in [-0.05, 0) is 38.4 Å². The molecule has 138 valence electrons. The third-order valence-corrected chi connectivity index (χ3v) is 4.36. The molecule has 2 heterocycles. The number of esters is 1. The third-order valence-electron chi connectivity index (χ3n) is 4.36. The van der Waals surface area contributed by atoms with Gasteiger partial charge in [0.05, 0.1) is 19.3 Å². The fraction of sp³-hybridized carbons (Fsp3) is 0.389. The third kappa shape index (κ3) is 3.75. The molecule has 1 aromatic heterocycles. The van der Waals surface area contributed by atoms with Crippen LogP contribution in [0.2, 0.25) is 0 Å². The average molecular weight is 360 g/mol. The molecule has 7 nitrogen and oxygen atoms in total. The van der Waals surface area contributed by atoms with E-state index in [0.717, 1.165) is 6.42 Å². The SMILES string of the molecule is COC(=O)C1CCCN1CC(=O)Nc1cc(C)nn1-c1ccccc1F. The Morgan fingerprint density at radius 1 is 1.38 bits per heavy atom. The number of amides is 1. The van der Waals surface area contributed by atoms with Gasteiger partial charge in [-0.2, -0.15) is 5.10 Å². The monoisotopic (exact) mass is 360 g/mol. The summed E-state index contributed by atoms with van der Waals surface area (Å²) in [5.41, 5.74) is 0.904. The number of nitrogens with zero attached hydrogens (tertiary/aromatic N) is 3. The zero-order chi connectivity index (χ0) is 18.7. The second kappa shape index (κ2) is 7.65. The molecule has 1 amide bonds. The highest BCUT2D eigenvalue weighted by atomic mass is 19.1. The van der Waals surface area contributed by atoms with E-state index < -0.39 is 11.9 Å². The van der Waals surface area contributed by atoms with E-state index in [1.165, 1.54) is 17.9 Å². The average Bonchev–Trinajstić information content (AvgIpc) is 3.21. The van der Waals surface area contributed by atoms with E-state index in [9.17, 15) is 14.0 Å². The lowest BCUT2D eigenvalue weighted by molar-refractivity contribution is -0.146. The molecule has 1 N–H and O–H groups in total. The smallest absolute Gasteiger partial charge is 0.323 e. The van der Waals surface area contributed by atoms with Crippen molar-refractivity contribution < 1.29 is 18.7 Å². The molecule has 1 aromatic carbocycles. The fourth-order valence-electron chi connectivity index (χ4n) is 3.18. The van der Waals surface area contributed by atoms with Crippen LogP contribution in [0.4, 0.5) is 10.2 Å². The zero-order valence-electron chi connectivity index (χ0n) is 14.7. The molecule has 2 aromatic rings. The van der Waals surface area contributed by atoms with E-state index in [2.05, 4.69) is 10.4 Å². The topological polar surface area (TPSA) is 76.5 Å². The summed E-state index contributed by atoms with van der Waals surface area (Å²) in [6.07, 6.45) is 1.51. The first-order valence-electron chi connectivity index (χ1n) is 8.43. The molecule has 0 bridgehead atoms. The van der Waals surface area contributed by atoms with Gasteiger partial charge in [0, 0.05) is 6.07 Å². The summed E-state index contributed by atoms with van der Waals surface area (Å²) in [4.78, 5) is 26.0. The number of carbonyl (C=O) groups excluding carboxylic acids is 2. The van der Waals surface area contributed by atoms with E-state index in [1.807, 2.05) is 0 Å². The zero-order valence-corrected chi connectivity index (χ0v) is 14.7. The minimum absolute atomic E-state index is 0.0568. The number of nitrogens with one attached hydrogen (secondary N) is 1. The van der Waals surface area contributed by atoms with Crippen LogP contribution < -0.4 is 5.32 Å². The lowest BCUT2D eigenvalue weighted by Crippen LogP contribution is -2.41. The predicted molar refractivity (Wildman–Crippen MR) is 93.5 cm³/mol. The Morgan fingerprint density at radius 3 is 2.88 bits per heavy atom. The van der Waals surface area contributed by atoms with Crippen molar-refractivity contribution in [3.05, 3.63) is 41.8 Å². The molecule has 0 radical (unpaired) electrons. The van der Waals surface area contributed by atoms with Crippen molar-refractivity contribution in [2.75, 3.05) is 25.5 Å². The van der Waals surface area contributed by atoms with Crippen molar-refractivity contribution in [1.29, 1.82) is 0 Å². The molecule has 0 aliphatic carbocycles. The second-order valence-corrected chi connectivity index (χ2v) is 6.23. The second-order valence-electron chi connectivity index (χ2n) is 6.23. The molecule has 1 saturated heterocycles. The molecule has 3 rings (SSSR count). The number of likely N-dealkylation sites (tertiary alicyclic amines) is 1. The quantitative estimate of drug-likeness (QED) is 0.824. The van der Waals surface area contributed by atoms with Crippen LogP contribution >= 0.6 is 0 Å². The summed E-state index contributed by atoms with van der Waals surface area (Å²) in [6, 6.07) is 7.49. The fourth-order valence-corrected chi connectivity index (χ4v) is 3.18. The van der Waals surface area contributed by atoms with Crippen molar-refractivity contribution in [2.24, 2.45) is 0 Å². The van der Waals surface area contributed by atoms with Crippen molar-refractivity contribution >= 4 is 17.7 Å². The Hall–Kier alpha value is -2.74. The number of hydrogen-bond acceptors (Lipinski definition) is 5. The number of para-hydroxylation sites is 1. The van der Waals surface area contributed by atoms with Crippen LogP contribution in [0.3, 0.4) is 0 Å². The van der Waals surface area contributed by atoms with E-state index >= 15 is 0 Å². The van der Waals surface area contributed by atoms with Crippen LogP contribution in [0.25, 0.3) is 5.69 Å². The highest BCUT2D eigenvalue weighted by molar-refractivity contribution is 5.92. The molecule has 8 heteroatoms. The van der Waals surface area contributed by atoms with Crippen molar-refractivity contribution in [3.8, 4) is 5.69 Å². The molecule has 1 fully saturated rings. The van der Waals surface area contributed by atoms with Gasteiger partial charge in [0.25, 0.3) is 0 Å². The van der Waals surface area contributed by atoms with Gasteiger partial charge in [0.15, 0.2) is 0 Å². The number of ether oxygens (including phenoxy) is 1. The van der Waals surface area contributed by atoms with E-state index in [0.29, 0.717) is 24.5 Å². The Balaban J connectivity index is 1.74. The summed E-state index contributed by atoms with van der Waals surface area (Å²) in [7, 11) is 1.34. The van der Waals surface area contributed by atoms with Crippen LogP contribution in [0, 0.1) is 12.7 Å². The standard InChI is InChI=1S/C18H21FN4O3/c1-12-10-16(23(21-12)14-7-4-3-6-13(14)19)20-17(24)11-22-9-5-8-15(22)18(25)26-2/h3-4,6-7,10,15H,5,8-9,11H2,1-2H3,(H,20,24). The molecule has 1 aliphatic rings. The molecule has 1 unspecified atom stereocenters. The maximum Gasteiger partial charge on any atom is 0.323 e. The van der Waals surface area contributed by atoms with Gasteiger partial charge in [-0.15, -0.1) is 0 Å². The van der Waals surface area contributed by atoms with E-state index in [1.54, 1.807) is 36.1 Å². The number of anilines is 1. The Morgan fingerprint density at radius 2 is 2.15 bits per heavy atom. The summed E-state index contributed by atoms with van der Waals surface area (Å²) >= 11 is 0. The van der Waals surface area contributed by atoms with Crippen molar-refractivity contribution in [3.63, 3.8) is 0 Å². The molecule has 0 spiro atoms. The van der Waals surface area contributed by atoms with Gasteiger partial charge < -0.3 is 10.1 Å². The number of carbonyl (C=O) groups is 2. The molecular weight excluding hydrogens is 339 g/mol. The number of benzene rings is 1. The van der Waals surface area contributed by atoms with Crippen molar-refractivity contribution in [2.45, 2.75) is 25.8 Å². The molecular formula is C18H21FN4O3. The number of rotatable bonds is 5. The number of aromatic nitrogens is 2. The Labute approximate surface area is 150 Å². The van der Waals surface area contributed by atoms with E-state index in [4.69, 9.17) is 4.74 Å². The maximum absolute atomic E-state index is 14.1. The van der Waals surface area contributed by atoms with Gasteiger partial charge in [0.2, 0.25) is 5.91 Å². The van der Waals surface area contributed by atoms with Gasteiger partial charge in [-0.25, -0.2) is 9.07 Å². The van der Waals surface area contributed by atoms with Crippen LogP contribution in [0.15, 0.2) is 30.3 Å². The lowest BCUT2D eigenvalue weighted by Gasteiger charge is -2.21. The minimum Gasteiger partial charge on any atom is -0.468 e.